The molecule has 1 aromatic rings. The first kappa shape index (κ1) is 12.5. The van der Waals surface area contributed by atoms with Gasteiger partial charge in [0.05, 0.1) is 13.3 Å². The second-order valence-electron chi connectivity index (χ2n) is 3.70. The first-order valence-corrected chi connectivity index (χ1v) is 7.07. The van der Waals surface area contributed by atoms with Crippen LogP contribution in [-0.4, -0.2) is 17.4 Å². The first-order valence-electron chi connectivity index (χ1n) is 4.28. The number of ether oxygens (including phenoxy) is 1. The van der Waals surface area contributed by atoms with Gasteiger partial charge in [0.25, 0.3) is 0 Å². The van der Waals surface area contributed by atoms with Crippen molar-refractivity contribution in [3.8, 4) is 0 Å². The SMILES string of the molecule is CC1(C)N=C(c2sc(Br)c(Br)c2Cl)OC1=O. The molecule has 0 atom stereocenters. The van der Waals surface area contributed by atoms with E-state index in [2.05, 4.69) is 36.9 Å². The van der Waals surface area contributed by atoms with E-state index in [0.29, 0.717) is 9.90 Å². The van der Waals surface area contributed by atoms with Crippen LogP contribution in [0.4, 0.5) is 0 Å². The fraction of sp³-hybridized carbons (Fsp3) is 0.333. The maximum atomic E-state index is 11.5. The highest BCUT2D eigenvalue weighted by Gasteiger charge is 2.39. The molecule has 0 N–H and O–H groups in total. The van der Waals surface area contributed by atoms with Crippen molar-refractivity contribution in [2.75, 3.05) is 0 Å². The second kappa shape index (κ2) is 4.08. The molecule has 0 amide bonds. The lowest BCUT2D eigenvalue weighted by Crippen LogP contribution is -2.25. The Morgan fingerprint density at radius 3 is 2.44 bits per heavy atom. The number of hydrogen-bond donors (Lipinski definition) is 0. The highest BCUT2D eigenvalue weighted by Crippen LogP contribution is 2.42. The molecule has 2 rings (SSSR count). The largest absolute Gasteiger partial charge is 0.404 e. The number of hydrogen-bond acceptors (Lipinski definition) is 4. The predicted octanol–water partition coefficient (Wildman–Crippen LogP) is 4.01. The van der Waals surface area contributed by atoms with Crippen LogP contribution in [0.1, 0.15) is 18.7 Å². The number of aliphatic imine (C=N–C) groups is 1. The van der Waals surface area contributed by atoms with Gasteiger partial charge in [0.15, 0.2) is 5.54 Å². The summed E-state index contributed by atoms with van der Waals surface area (Å²) in [6.45, 7) is 3.40. The van der Waals surface area contributed by atoms with E-state index in [1.165, 1.54) is 11.3 Å². The Morgan fingerprint density at radius 1 is 1.44 bits per heavy atom. The molecule has 1 aromatic heterocycles. The monoisotopic (exact) mass is 385 g/mol. The van der Waals surface area contributed by atoms with Crippen molar-refractivity contribution in [2.24, 2.45) is 4.99 Å². The van der Waals surface area contributed by atoms with Crippen LogP contribution in [0, 0.1) is 0 Å². The molecule has 0 saturated carbocycles. The number of nitrogens with zero attached hydrogens (tertiary/aromatic N) is 1. The van der Waals surface area contributed by atoms with Gasteiger partial charge in [-0.15, -0.1) is 11.3 Å². The molecule has 0 aliphatic carbocycles. The van der Waals surface area contributed by atoms with Crippen molar-refractivity contribution < 1.29 is 9.53 Å². The molecule has 86 valence electrons. The summed E-state index contributed by atoms with van der Waals surface area (Å²) in [5.74, 6) is -0.0735. The molecule has 0 aromatic carbocycles. The van der Waals surface area contributed by atoms with Crippen LogP contribution in [0.3, 0.4) is 0 Å². The lowest BCUT2D eigenvalue weighted by atomic mass is 10.1. The van der Waals surface area contributed by atoms with Crippen LogP contribution in [-0.2, 0) is 9.53 Å². The van der Waals surface area contributed by atoms with Gasteiger partial charge in [-0.05, 0) is 45.7 Å². The van der Waals surface area contributed by atoms with E-state index >= 15 is 0 Å². The number of thiophene rings is 1. The Hall–Kier alpha value is 0.0900. The van der Waals surface area contributed by atoms with Crippen LogP contribution in [0.15, 0.2) is 13.3 Å². The van der Waals surface area contributed by atoms with Gasteiger partial charge in [0, 0.05) is 0 Å². The van der Waals surface area contributed by atoms with E-state index in [1.807, 2.05) is 0 Å². The van der Waals surface area contributed by atoms with Crippen molar-refractivity contribution in [3.05, 3.63) is 18.2 Å². The Balaban J connectivity index is 2.48. The molecule has 0 spiro atoms. The zero-order valence-corrected chi connectivity index (χ0v) is 13.1. The molecule has 16 heavy (non-hydrogen) atoms. The van der Waals surface area contributed by atoms with E-state index in [1.54, 1.807) is 13.8 Å². The summed E-state index contributed by atoms with van der Waals surface area (Å²) in [7, 11) is 0. The van der Waals surface area contributed by atoms with Crippen molar-refractivity contribution in [2.45, 2.75) is 19.4 Å². The summed E-state index contributed by atoms with van der Waals surface area (Å²) in [5, 5.41) is 0.501. The standard InChI is InChI=1S/C9H6Br2ClNO2S/c1-9(2)8(14)15-7(13-9)5-4(12)3(10)6(11)16-5/h1-2H3. The van der Waals surface area contributed by atoms with E-state index in [-0.39, 0.29) is 11.9 Å². The highest BCUT2D eigenvalue weighted by atomic mass is 79.9. The van der Waals surface area contributed by atoms with Crippen molar-refractivity contribution in [3.63, 3.8) is 0 Å². The van der Waals surface area contributed by atoms with Crippen molar-refractivity contribution in [1.82, 2.24) is 0 Å². The van der Waals surface area contributed by atoms with Crippen LogP contribution in [0.25, 0.3) is 0 Å². The third-order valence-electron chi connectivity index (χ3n) is 2.02. The van der Waals surface area contributed by atoms with Crippen LogP contribution >= 0.6 is 54.8 Å². The number of carbonyl (C=O) groups excluding carboxylic acids is 1. The highest BCUT2D eigenvalue weighted by molar-refractivity contribution is 9.13. The third kappa shape index (κ3) is 1.96. The average molecular weight is 387 g/mol. The molecule has 0 radical (unpaired) electrons. The first-order chi connectivity index (χ1) is 7.33. The minimum absolute atomic E-state index is 0.288. The molecule has 3 nitrogen and oxygen atoms in total. The molecule has 1 aliphatic rings. The maximum Gasteiger partial charge on any atom is 0.340 e. The smallest absolute Gasteiger partial charge is 0.340 e. The minimum atomic E-state index is -0.832. The fourth-order valence-corrected chi connectivity index (χ4v) is 3.59. The molecule has 0 saturated heterocycles. The number of carbonyl (C=O) groups is 1. The van der Waals surface area contributed by atoms with Gasteiger partial charge in [0.1, 0.15) is 4.88 Å². The molecular formula is C9H6Br2ClNO2S. The summed E-state index contributed by atoms with van der Waals surface area (Å²) in [6.07, 6.45) is 0. The van der Waals surface area contributed by atoms with Crippen LogP contribution < -0.4 is 0 Å². The number of esters is 1. The van der Waals surface area contributed by atoms with Crippen LogP contribution in [0.5, 0.6) is 0 Å². The molecule has 0 fully saturated rings. The maximum absolute atomic E-state index is 11.5. The normalized spacial score (nSPS) is 18.6. The fourth-order valence-electron chi connectivity index (χ4n) is 1.13. The van der Waals surface area contributed by atoms with E-state index in [0.717, 1.165) is 8.26 Å². The Kier molecular flexibility index (Phi) is 3.20. The van der Waals surface area contributed by atoms with Crippen molar-refractivity contribution >= 4 is 66.7 Å². The van der Waals surface area contributed by atoms with Gasteiger partial charge in [-0.1, -0.05) is 11.6 Å². The van der Waals surface area contributed by atoms with Gasteiger partial charge in [-0.3, -0.25) is 0 Å². The zero-order chi connectivity index (χ0) is 12.1. The number of halogens is 3. The molecule has 7 heteroatoms. The topological polar surface area (TPSA) is 38.7 Å². The van der Waals surface area contributed by atoms with E-state index in [4.69, 9.17) is 16.3 Å². The second-order valence-corrected chi connectivity index (χ2v) is 7.21. The summed E-state index contributed by atoms with van der Waals surface area (Å²) in [4.78, 5) is 16.4. The lowest BCUT2D eigenvalue weighted by molar-refractivity contribution is -0.137. The summed E-state index contributed by atoms with van der Waals surface area (Å²) in [6, 6.07) is 0. The van der Waals surface area contributed by atoms with E-state index < -0.39 is 5.54 Å². The van der Waals surface area contributed by atoms with Crippen LogP contribution in [0.2, 0.25) is 5.02 Å². The number of cyclic esters (lactones) is 1. The van der Waals surface area contributed by atoms with Gasteiger partial charge in [0.2, 0.25) is 5.90 Å². The molecule has 0 bridgehead atoms. The number of rotatable bonds is 1. The van der Waals surface area contributed by atoms with Gasteiger partial charge in [-0.2, -0.15) is 0 Å². The predicted molar refractivity (Wildman–Crippen MR) is 71.4 cm³/mol. The third-order valence-corrected chi connectivity index (χ3v) is 6.17. The lowest BCUT2D eigenvalue weighted by Gasteiger charge is -2.05. The molecule has 0 unspecified atom stereocenters. The van der Waals surface area contributed by atoms with Gasteiger partial charge < -0.3 is 4.74 Å². The Bertz CT molecular complexity index is 510. The minimum Gasteiger partial charge on any atom is -0.404 e. The molecule has 2 heterocycles. The summed E-state index contributed by atoms with van der Waals surface area (Å²) < 4.78 is 6.70. The average Bonchev–Trinajstić information content (AvgIpc) is 2.59. The van der Waals surface area contributed by atoms with Gasteiger partial charge >= 0.3 is 5.97 Å². The Labute approximate surface area is 118 Å². The Morgan fingerprint density at radius 2 is 2.06 bits per heavy atom. The molecule has 1 aliphatic heterocycles. The van der Waals surface area contributed by atoms with Crippen molar-refractivity contribution in [1.29, 1.82) is 0 Å². The summed E-state index contributed by atoms with van der Waals surface area (Å²) >= 11 is 14.1. The summed E-state index contributed by atoms with van der Waals surface area (Å²) in [5.41, 5.74) is -0.832. The molecular weight excluding hydrogens is 381 g/mol. The zero-order valence-electron chi connectivity index (χ0n) is 8.31. The quantitative estimate of drug-likeness (QED) is 0.683. The van der Waals surface area contributed by atoms with E-state index in [9.17, 15) is 4.79 Å². The van der Waals surface area contributed by atoms with Gasteiger partial charge in [-0.25, -0.2) is 9.79 Å².